The average Bonchev–Trinajstić information content (AvgIpc) is 2.83. The first-order chi connectivity index (χ1) is 11.7. The summed E-state index contributed by atoms with van der Waals surface area (Å²) in [6.45, 7) is 5.28. The van der Waals surface area contributed by atoms with Crippen LogP contribution >= 0.6 is 0 Å². The highest BCUT2D eigenvalue weighted by Crippen LogP contribution is 2.32. The summed E-state index contributed by atoms with van der Waals surface area (Å²) >= 11 is 0. The molecule has 1 amide bonds. The van der Waals surface area contributed by atoms with Crippen molar-refractivity contribution in [2.45, 2.75) is 51.5 Å². The van der Waals surface area contributed by atoms with Gasteiger partial charge in [0.1, 0.15) is 12.2 Å². The van der Waals surface area contributed by atoms with E-state index in [0.717, 1.165) is 9.47 Å². The third-order valence-corrected chi connectivity index (χ3v) is 4.33. The van der Waals surface area contributed by atoms with Gasteiger partial charge >= 0.3 is 11.8 Å². The van der Waals surface area contributed by atoms with E-state index in [-0.39, 0.29) is 11.7 Å². The van der Waals surface area contributed by atoms with E-state index in [9.17, 15) is 24.9 Å². The van der Waals surface area contributed by atoms with Gasteiger partial charge in [-0.15, -0.1) is 0 Å². The Morgan fingerprint density at radius 1 is 1.36 bits per heavy atom. The fourth-order valence-corrected chi connectivity index (χ4v) is 2.61. The van der Waals surface area contributed by atoms with E-state index in [0.29, 0.717) is 0 Å². The predicted molar refractivity (Wildman–Crippen MR) is 84.0 cm³/mol. The van der Waals surface area contributed by atoms with Crippen molar-refractivity contribution in [2.24, 2.45) is 5.92 Å². The van der Waals surface area contributed by atoms with E-state index in [1.165, 1.54) is 12.3 Å². The molecule has 1 saturated heterocycles. The molecule has 0 unspecified atom stereocenters. The molecule has 1 aliphatic rings. The SMILES string of the molecule is CC(C)[C@H](C)N(C(=O)O)[C@@H]1O[C@@H](n2ccc(NO)nc2=O)[C@H](O)[C@@H]1O. The summed E-state index contributed by atoms with van der Waals surface area (Å²) < 4.78 is 6.42. The third kappa shape index (κ3) is 3.58. The molecule has 0 radical (unpaired) electrons. The molecule has 0 spiro atoms. The van der Waals surface area contributed by atoms with E-state index >= 15 is 0 Å². The molecule has 5 atom stereocenters. The zero-order chi connectivity index (χ0) is 18.9. The van der Waals surface area contributed by atoms with Gasteiger partial charge in [-0.1, -0.05) is 13.8 Å². The molecule has 140 valence electrons. The fraction of sp³-hybridized carbons (Fsp3) is 0.643. The maximum atomic E-state index is 12.0. The van der Waals surface area contributed by atoms with Gasteiger partial charge in [-0.2, -0.15) is 4.98 Å². The number of carbonyl (C=O) groups is 1. The molecule has 11 heteroatoms. The number of nitrogens with one attached hydrogen (secondary N) is 1. The molecular formula is C14H22N4O7. The summed E-state index contributed by atoms with van der Waals surface area (Å²) in [6, 6.07) is 0.752. The monoisotopic (exact) mass is 358 g/mol. The number of hydrogen-bond acceptors (Lipinski definition) is 8. The van der Waals surface area contributed by atoms with Crippen LogP contribution in [-0.4, -0.2) is 65.5 Å². The Labute approximate surface area is 143 Å². The largest absolute Gasteiger partial charge is 0.465 e. The lowest BCUT2D eigenvalue weighted by atomic mass is 10.0. The summed E-state index contributed by atoms with van der Waals surface area (Å²) in [5.74, 6) is -0.172. The topological polar surface area (TPSA) is 157 Å². The molecule has 5 N–H and O–H groups in total. The lowest BCUT2D eigenvalue weighted by Gasteiger charge is -2.34. The molecule has 11 nitrogen and oxygen atoms in total. The standard InChI is InChI=1S/C14H22N4O7/c1-6(2)7(3)18(14(22)23)12-10(20)9(19)11(25-12)17-5-4-8(16-24)15-13(17)21/h4-7,9-12,19-20,24H,1-3H3,(H,22,23)(H,15,16,21)/t7-,9+,10-,11+,12+/m0/s1. The van der Waals surface area contributed by atoms with Gasteiger partial charge in [0.2, 0.25) is 0 Å². The minimum absolute atomic E-state index is 0.0672. The van der Waals surface area contributed by atoms with Crippen molar-refractivity contribution in [1.29, 1.82) is 0 Å². The number of rotatable bonds is 5. The maximum absolute atomic E-state index is 12.0. The Morgan fingerprint density at radius 3 is 2.48 bits per heavy atom. The van der Waals surface area contributed by atoms with Crippen molar-refractivity contribution in [3.8, 4) is 0 Å². The Kier molecular flexibility index (Phi) is 5.62. The zero-order valence-corrected chi connectivity index (χ0v) is 14.0. The zero-order valence-electron chi connectivity index (χ0n) is 14.0. The number of hydrogen-bond donors (Lipinski definition) is 5. The maximum Gasteiger partial charge on any atom is 0.409 e. The highest BCUT2D eigenvalue weighted by Gasteiger charge is 2.49. The van der Waals surface area contributed by atoms with Crippen molar-refractivity contribution in [3.05, 3.63) is 22.7 Å². The quantitative estimate of drug-likeness (QED) is 0.443. The number of aliphatic hydroxyl groups is 2. The number of anilines is 1. The minimum atomic E-state index is -1.55. The van der Waals surface area contributed by atoms with Crippen molar-refractivity contribution in [1.82, 2.24) is 14.5 Å². The molecule has 25 heavy (non-hydrogen) atoms. The normalized spacial score (nSPS) is 27.3. The van der Waals surface area contributed by atoms with Crippen LogP contribution in [0.25, 0.3) is 0 Å². The summed E-state index contributed by atoms with van der Waals surface area (Å²) in [6.07, 6.45) is -5.88. The number of nitrogens with zero attached hydrogens (tertiary/aromatic N) is 3. The highest BCUT2D eigenvalue weighted by molar-refractivity contribution is 5.66. The number of ether oxygens (including phenoxy) is 1. The molecule has 0 aliphatic carbocycles. The summed E-state index contributed by atoms with van der Waals surface area (Å²) in [7, 11) is 0. The highest BCUT2D eigenvalue weighted by atomic mass is 16.6. The van der Waals surface area contributed by atoms with E-state index in [1.54, 1.807) is 12.4 Å². The van der Waals surface area contributed by atoms with Gasteiger partial charge < -0.3 is 20.1 Å². The van der Waals surface area contributed by atoms with E-state index in [1.807, 2.05) is 13.8 Å². The molecule has 2 heterocycles. The van der Waals surface area contributed by atoms with Crippen LogP contribution < -0.4 is 11.2 Å². The lowest BCUT2D eigenvalue weighted by Crippen LogP contribution is -2.52. The molecule has 1 aliphatic heterocycles. The van der Waals surface area contributed by atoms with Gasteiger partial charge in [-0.3, -0.25) is 20.2 Å². The van der Waals surface area contributed by atoms with Crippen LogP contribution in [-0.2, 0) is 4.74 Å². The number of carboxylic acid groups (broad SMARTS) is 1. The molecule has 0 aromatic carbocycles. The predicted octanol–water partition coefficient (Wildman–Crippen LogP) is -0.354. The average molecular weight is 358 g/mol. The van der Waals surface area contributed by atoms with Crippen LogP contribution in [0.2, 0.25) is 0 Å². The van der Waals surface area contributed by atoms with Crippen LogP contribution in [0.4, 0.5) is 10.6 Å². The molecule has 0 saturated carbocycles. The van der Waals surface area contributed by atoms with Crippen LogP contribution in [0.5, 0.6) is 0 Å². The molecular weight excluding hydrogens is 336 g/mol. The van der Waals surface area contributed by atoms with Gasteiger partial charge in [-0.25, -0.2) is 9.59 Å². The van der Waals surface area contributed by atoms with E-state index in [4.69, 9.17) is 9.94 Å². The van der Waals surface area contributed by atoms with Gasteiger partial charge in [-0.05, 0) is 18.9 Å². The Balaban J connectivity index is 2.34. The van der Waals surface area contributed by atoms with E-state index in [2.05, 4.69) is 4.98 Å². The van der Waals surface area contributed by atoms with E-state index < -0.39 is 42.5 Å². The first-order valence-corrected chi connectivity index (χ1v) is 7.71. The van der Waals surface area contributed by atoms with Crippen molar-refractivity contribution in [2.75, 3.05) is 5.48 Å². The smallest absolute Gasteiger partial charge is 0.409 e. The van der Waals surface area contributed by atoms with Crippen LogP contribution in [0.3, 0.4) is 0 Å². The van der Waals surface area contributed by atoms with Gasteiger partial charge in [0.15, 0.2) is 18.3 Å². The first kappa shape index (κ1) is 19.1. The van der Waals surface area contributed by atoms with Gasteiger partial charge in [0.05, 0.1) is 0 Å². The second-order valence-electron chi connectivity index (χ2n) is 6.19. The van der Waals surface area contributed by atoms with Crippen molar-refractivity contribution in [3.63, 3.8) is 0 Å². The molecule has 1 aromatic heterocycles. The molecule has 1 fully saturated rings. The van der Waals surface area contributed by atoms with Crippen molar-refractivity contribution >= 4 is 11.9 Å². The van der Waals surface area contributed by atoms with Crippen molar-refractivity contribution < 1.29 is 30.1 Å². The Bertz CT molecular complexity index is 679. The van der Waals surface area contributed by atoms with Crippen LogP contribution in [0.1, 0.15) is 27.0 Å². The molecule has 2 rings (SSSR count). The van der Waals surface area contributed by atoms with Crippen LogP contribution in [0.15, 0.2) is 17.1 Å². The summed E-state index contributed by atoms with van der Waals surface area (Å²) in [5, 5.41) is 38.7. The van der Waals surface area contributed by atoms with Crippen LogP contribution in [0, 0.1) is 5.92 Å². The molecule has 0 bridgehead atoms. The lowest BCUT2D eigenvalue weighted by molar-refractivity contribution is -0.112. The second-order valence-corrected chi connectivity index (χ2v) is 6.19. The Morgan fingerprint density at radius 2 is 2.00 bits per heavy atom. The number of aliphatic hydroxyl groups excluding tert-OH is 2. The molecule has 1 aromatic rings. The van der Waals surface area contributed by atoms with Gasteiger partial charge in [0.25, 0.3) is 0 Å². The summed E-state index contributed by atoms with van der Waals surface area (Å²) in [5.41, 5.74) is 0.860. The number of amides is 1. The Hall–Kier alpha value is -2.21. The minimum Gasteiger partial charge on any atom is -0.465 e. The van der Waals surface area contributed by atoms with Gasteiger partial charge in [0, 0.05) is 12.2 Å². The first-order valence-electron chi connectivity index (χ1n) is 7.71. The second kappa shape index (κ2) is 7.35. The third-order valence-electron chi connectivity index (χ3n) is 4.33. The summed E-state index contributed by atoms with van der Waals surface area (Å²) in [4.78, 5) is 28.0. The fourth-order valence-electron chi connectivity index (χ4n) is 2.61. The number of aromatic nitrogens is 2.